The number of aliphatic hydroxyl groups is 1. The number of para-hydroxylation sites is 1. The minimum atomic E-state index is -0.00747. The molecule has 0 fully saturated rings. The zero-order valence-corrected chi connectivity index (χ0v) is 17.3. The van der Waals surface area contributed by atoms with Crippen LogP contribution in [0.25, 0.3) is 17.2 Å². The predicted octanol–water partition coefficient (Wildman–Crippen LogP) is 5.87. The highest BCUT2D eigenvalue weighted by atomic mass is 16.3. The maximum atomic E-state index is 9.77. The molecular formula is C27H27NO. The zero-order valence-electron chi connectivity index (χ0n) is 17.3. The minimum Gasteiger partial charge on any atom is -0.395 e. The Morgan fingerprint density at radius 2 is 1.69 bits per heavy atom. The molecule has 1 N–H and O–H groups in total. The van der Waals surface area contributed by atoms with E-state index in [1.54, 1.807) is 0 Å². The molecule has 0 radical (unpaired) electrons. The first-order valence-electron chi connectivity index (χ1n) is 10.4. The van der Waals surface area contributed by atoms with Crippen LogP contribution in [0.5, 0.6) is 0 Å². The summed E-state index contributed by atoms with van der Waals surface area (Å²) in [6.45, 7) is 7.63. The first-order valence-corrected chi connectivity index (χ1v) is 10.4. The lowest BCUT2D eigenvalue weighted by Crippen LogP contribution is -2.33. The Bertz CT molecular complexity index is 1130. The third-order valence-electron chi connectivity index (χ3n) is 6.67. The molecule has 0 bridgehead atoms. The van der Waals surface area contributed by atoms with Crippen LogP contribution in [0.1, 0.15) is 47.7 Å². The first-order chi connectivity index (χ1) is 14.0. The van der Waals surface area contributed by atoms with Crippen molar-refractivity contribution in [3.8, 4) is 11.1 Å². The summed E-state index contributed by atoms with van der Waals surface area (Å²) in [5, 5.41) is 9.77. The van der Waals surface area contributed by atoms with E-state index in [-0.39, 0.29) is 18.1 Å². The van der Waals surface area contributed by atoms with Crippen LogP contribution in [-0.2, 0) is 5.41 Å². The van der Waals surface area contributed by atoms with Crippen LogP contribution in [-0.4, -0.2) is 18.3 Å². The summed E-state index contributed by atoms with van der Waals surface area (Å²) < 4.78 is 0. The normalized spacial score (nSPS) is 18.3. The van der Waals surface area contributed by atoms with Gasteiger partial charge in [-0.25, -0.2) is 0 Å². The summed E-state index contributed by atoms with van der Waals surface area (Å²) >= 11 is 0. The van der Waals surface area contributed by atoms with E-state index in [0.717, 1.165) is 0 Å². The molecule has 5 rings (SSSR count). The van der Waals surface area contributed by atoms with E-state index in [1.807, 2.05) is 0 Å². The molecule has 0 saturated carbocycles. The van der Waals surface area contributed by atoms with Crippen LogP contribution in [0.3, 0.4) is 0 Å². The number of aliphatic hydroxyl groups excluding tert-OH is 1. The van der Waals surface area contributed by atoms with Gasteiger partial charge in [0, 0.05) is 17.6 Å². The highest BCUT2D eigenvalue weighted by molar-refractivity contribution is 5.82. The molecule has 1 aliphatic carbocycles. The summed E-state index contributed by atoms with van der Waals surface area (Å²) in [6, 6.07) is 22.1. The molecule has 2 heteroatoms. The van der Waals surface area contributed by atoms with Gasteiger partial charge in [0.1, 0.15) is 0 Å². The van der Waals surface area contributed by atoms with Gasteiger partial charge < -0.3 is 10.0 Å². The van der Waals surface area contributed by atoms with Crippen molar-refractivity contribution in [2.24, 2.45) is 0 Å². The topological polar surface area (TPSA) is 23.5 Å². The van der Waals surface area contributed by atoms with Gasteiger partial charge in [-0.05, 0) is 51.9 Å². The second-order valence-electron chi connectivity index (χ2n) is 8.70. The fourth-order valence-electron chi connectivity index (χ4n) is 5.17. The van der Waals surface area contributed by atoms with Gasteiger partial charge in [0.25, 0.3) is 0 Å². The van der Waals surface area contributed by atoms with E-state index in [9.17, 15) is 5.11 Å². The molecule has 0 spiro atoms. The Hall–Kier alpha value is -2.84. The summed E-state index contributed by atoms with van der Waals surface area (Å²) in [5.74, 6) is 0. The van der Waals surface area contributed by atoms with Gasteiger partial charge in [-0.1, -0.05) is 80.6 Å². The number of rotatable bonds is 3. The maximum Gasteiger partial charge on any atom is 0.0733 e. The number of hydrogen-bond donors (Lipinski definition) is 1. The molecule has 3 aromatic rings. The minimum absolute atomic E-state index is 0.00747. The number of β-amino-alcohol motifs (C(OH)–C–C–N with tert-alkyl or cyclic N) is 1. The molecule has 0 saturated heterocycles. The van der Waals surface area contributed by atoms with Crippen molar-refractivity contribution in [1.82, 2.24) is 0 Å². The summed E-state index contributed by atoms with van der Waals surface area (Å²) in [5.41, 5.74) is 10.5. The number of hydrogen-bond acceptors (Lipinski definition) is 2. The Kier molecular flexibility index (Phi) is 4.15. The van der Waals surface area contributed by atoms with E-state index in [4.69, 9.17) is 0 Å². The highest BCUT2D eigenvalue weighted by Gasteiger charge is 2.36. The van der Waals surface area contributed by atoms with E-state index in [1.165, 1.54) is 44.6 Å². The van der Waals surface area contributed by atoms with Crippen LogP contribution in [0.2, 0.25) is 0 Å². The lowest BCUT2D eigenvalue weighted by atomic mass is 9.80. The number of benzene rings is 3. The summed E-state index contributed by atoms with van der Waals surface area (Å²) in [7, 11) is 0. The monoisotopic (exact) mass is 381 g/mol. The molecule has 0 aromatic heterocycles. The molecule has 1 atom stereocenters. The fourth-order valence-corrected chi connectivity index (χ4v) is 5.17. The Balaban J connectivity index is 1.66. The second kappa shape index (κ2) is 6.60. The average Bonchev–Trinajstić information content (AvgIpc) is 2.95. The Morgan fingerprint density at radius 3 is 2.52 bits per heavy atom. The number of aryl methyl sites for hydroxylation is 1. The van der Waals surface area contributed by atoms with Gasteiger partial charge in [-0.15, -0.1) is 0 Å². The van der Waals surface area contributed by atoms with E-state index in [0.29, 0.717) is 6.54 Å². The lowest BCUT2D eigenvalue weighted by molar-refractivity contribution is 0.299. The second-order valence-corrected chi connectivity index (χ2v) is 8.70. The van der Waals surface area contributed by atoms with Crippen LogP contribution in [0, 0.1) is 6.92 Å². The Morgan fingerprint density at radius 1 is 0.931 bits per heavy atom. The van der Waals surface area contributed by atoms with Crippen LogP contribution in [0.4, 0.5) is 5.69 Å². The van der Waals surface area contributed by atoms with Crippen molar-refractivity contribution in [3.63, 3.8) is 0 Å². The quantitative estimate of drug-likeness (QED) is 0.613. The van der Waals surface area contributed by atoms with Crippen molar-refractivity contribution in [2.75, 3.05) is 18.1 Å². The van der Waals surface area contributed by atoms with Gasteiger partial charge in [-0.3, -0.25) is 0 Å². The zero-order chi connectivity index (χ0) is 20.2. The SMILES string of the molecule is Cc1cc2c(cc1C1C=Cc3ccccc3N1CCO)C(C)(C)c1ccccc1-2. The van der Waals surface area contributed by atoms with E-state index < -0.39 is 0 Å². The average molecular weight is 382 g/mol. The molecule has 1 unspecified atom stereocenters. The molecule has 2 nitrogen and oxygen atoms in total. The smallest absolute Gasteiger partial charge is 0.0733 e. The highest BCUT2D eigenvalue weighted by Crippen LogP contribution is 2.50. The maximum absolute atomic E-state index is 9.77. The molecule has 0 amide bonds. The third-order valence-corrected chi connectivity index (χ3v) is 6.67. The number of fused-ring (bicyclic) bond motifs is 4. The summed E-state index contributed by atoms with van der Waals surface area (Å²) in [4.78, 5) is 2.33. The molecule has 29 heavy (non-hydrogen) atoms. The van der Waals surface area contributed by atoms with Crippen LogP contribution < -0.4 is 4.90 Å². The van der Waals surface area contributed by atoms with Gasteiger partial charge in [0.05, 0.1) is 12.6 Å². The largest absolute Gasteiger partial charge is 0.395 e. The van der Waals surface area contributed by atoms with Crippen molar-refractivity contribution in [1.29, 1.82) is 0 Å². The summed E-state index contributed by atoms with van der Waals surface area (Å²) in [6.07, 6.45) is 4.50. The van der Waals surface area contributed by atoms with E-state index in [2.05, 4.69) is 98.5 Å². The molecule has 1 aliphatic heterocycles. The standard InChI is InChI=1S/C27H27NO/c1-18-16-22-20-9-5-6-10-23(20)27(2,3)24(22)17-21(18)26-13-12-19-8-4-7-11-25(19)28(26)14-15-29/h4-13,16-17,26,29H,14-15H2,1-3H3. The van der Waals surface area contributed by atoms with Gasteiger partial charge in [0.15, 0.2) is 0 Å². The van der Waals surface area contributed by atoms with Gasteiger partial charge >= 0.3 is 0 Å². The molecule has 2 aliphatic rings. The van der Waals surface area contributed by atoms with Crippen molar-refractivity contribution >= 4 is 11.8 Å². The lowest BCUT2D eigenvalue weighted by Gasteiger charge is -2.37. The van der Waals surface area contributed by atoms with Crippen molar-refractivity contribution in [3.05, 3.63) is 94.6 Å². The van der Waals surface area contributed by atoms with E-state index >= 15 is 0 Å². The predicted molar refractivity (Wildman–Crippen MR) is 121 cm³/mol. The number of nitrogens with zero attached hydrogens (tertiary/aromatic N) is 1. The van der Waals surface area contributed by atoms with Gasteiger partial charge in [0.2, 0.25) is 0 Å². The fraction of sp³-hybridized carbons (Fsp3) is 0.259. The first kappa shape index (κ1) is 18.2. The molecule has 1 heterocycles. The van der Waals surface area contributed by atoms with Crippen molar-refractivity contribution in [2.45, 2.75) is 32.2 Å². The van der Waals surface area contributed by atoms with Crippen LogP contribution in [0.15, 0.2) is 66.7 Å². The Labute approximate surface area is 173 Å². The van der Waals surface area contributed by atoms with Crippen molar-refractivity contribution < 1.29 is 5.11 Å². The van der Waals surface area contributed by atoms with Crippen LogP contribution >= 0.6 is 0 Å². The van der Waals surface area contributed by atoms with Gasteiger partial charge in [-0.2, -0.15) is 0 Å². The molecule has 3 aromatic carbocycles. The third kappa shape index (κ3) is 2.67. The molecular weight excluding hydrogens is 354 g/mol. The molecule has 146 valence electrons. The number of anilines is 1.